The third-order valence-corrected chi connectivity index (χ3v) is 1.58. The molecule has 0 aliphatic heterocycles. The van der Waals surface area contributed by atoms with Gasteiger partial charge in [-0.05, 0) is 31.5 Å². The molecule has 0 aliphatic carbocycles. The van der Waals surface area contributed by atoms with Crippen LogP contribution in [-0.4, -0.2) is 10.1 Å². The number of hydrogen-bond acceptors (Lipinski definition) is 2. The molecule has 0 spiro atoms. The molecule has 0 radical (unpaired) electrons. The number of aliphatic hydroxyl groups excluding tert-OH is 1. The lowest BCUT2D eigenvalue weighted by Gasteiger charge is -2.05. The third-order valence-electron chi connectivity index (χ3n) is 1.58. The molecule has 0 fully saturated rings. The van der Waals surface area contributed by atoms with Crippen LogP contribution < -0.4 is 0 Å². The minimum atomic E-state index is -0.814. The van der Waals surface area contributed by atoms with Gasteiger partial charge in [-0.25, -0.2) is 0 Å². The summed E-state index contributed by atoms with van der Waals surface area (Å²) in [6.07, 6.45) is 4.27. The van der Waals surface area contributed by atoms with Gasteiger partial charge >= 0.3 is 0 Å². The van der Waals surface area contributed by atoms with E-state index >= 15 is 0 Å². The Kier molecular flexibility index (Phi) is 2.47. The number of nitrogens with zero attached hydrogens (tertiary/aromatic N) is 1. The summed E-state index contributed by atoms with van der Waals surface area (Å²) in [7, 11) is 0. The Morgan fingerprint density at radius 3 is 2.33 bits per heavy atom. The Hall–Kier alpha value is -1.33. The molecule has 1 atom stereocenters. The second-order valence-corrected chi connectivity index (χ2v) is 2.75. The monoisotopic (exact) mass is 161 g/mol. The maximum atomic E-state index is 9.31. The Morgan fingerprint density at radius 2 is 1.92 bits per heavy atom. The zero-order chi connectivity index (χ0) is 9.14. The Balaban J connectivity index is 3.10. The van der Waals surface area contributed by atoms with Crippen LogP contribution in [0.15, 0.2) is 12.1 Å². The highest BCUT2D eigenvalue weighted by Crippen LogP contribution is 2.13. The van der Waals surface area contributed by atoms with Crippen molar-refractivity contribution in [1.29, 1.82) is 0 Å². The van der Waals surface area contributed by atoms with Gasteiger partial charge in [-0.2, -0.15) is 0 Å². The second kappa shape index (κ2) is 3.38. The highest BCUT2D eigenvalue weighted by molar-refractivity contribution is 5.26. The van der Waals surface area contributed by atoms with E-state index in [1.807, 2.05) is 13.8 Å². The van der Waals surface area contributed by atoms with E-state index in [9.17, 15) is 5.11 Å². The van der Waals surface area contributed by atoms with E-state index in [4.69, 9.17) is 6.42 Å². The van der Waals surface area contributed by atoms with Gasteiger partial charge in [0.25, 0.3) is 0 Å². The fourth-order valence-electron chi connectivity index (χ4n) is 1.12. The van der Waals surface area contributed by atoms with Gasteiger partial charge in [-0.15, -0.1) is 6.42 Å². The molecule has 2 heteroatoms. The summed E-state index contributed by atoms with van der Waals surface area (Å²) in [5.41, 5.74) is 2.49. The van der Waals surface area contributed by atoms with E-state index in [0.717, 1.165) is 17.0 Å². The van der Waals surface area contributed by atoms with Crippen LogP contribution in [0.1, 0.15) is 23.1 Å². The molecule has 0 aliphatic rings. The topological polar surface area (TPSA) is 33.1 Å². The van der Waals surface area contributed by atoms with Crippen molar-refractivity contribution in [3.8, 4) is 12.3 Å². The first-order valence-corrected chi connectivity index (χ1v) is 3.73. The van der Waals surface area contributed by atoms with Crippen LogP contribution in [-0.2, 0) is 0 Å². The fourth-order valence-corrected chi connectivity index (χ4v) is 1.12. The minimum Gasteiger partial charge on any atom is -0.376 e. The van der Waals surface area contributed by atoms with Crippen molar-refractivity contribution in [3.05, 3.63) is 29.1 Å². The number of rotatable bonds is 1. The van der Waals surface area contributed by atoms with Crippen molar-refractivity contribution in [2.45, 2.75) is 20.0 Å². The lowest BCUT2D eigenvalue weighted by molar-refractivity contribution is 0.238. The first-order chi connectivity index (χ1) is 5.63. The van der Waals surface area contributed by atoms with Crippen molar-refractivity contribution in [2.75, 3.05) is 0 Å². The summed E-state index contributed by atoms with van der Waals surface area (Å²) in [5.74, 6) is 2.26. The Morgan fingerprint density at radius 1 is 1.42 bits per heavy atom. The van der Waals surface area contributed by atoms with Gasteiger partial charge in [0.2, 0.25) is 0 Å². The van der Waals surface area contributed by atoms with Gasteiger partial charge in [0.15, 0.2) is 0 Å². The average molecular weight is 161 g/mol. The first-order valence-electron chi connectivity index (χ1n) is 3.73. The maximum Gasteiger partial charge on any atom is 0.140 e. The summed E-state index contributed by atoms with van der Waals surface area (Å²) in [6.45, 7) is 3.75. The molecule has 1 N–H and O–H groups in total. The van der Waals surface area contributed by atoms with Crippen molar-refractivity contribution in [3.63, 3.8) is 0 Å². The van der Waals surface area contributed by atoms with E-state index in [2.05, 4.69) is 10.9 Å². The minimum absolute atomic E-state index is 0.738. The molecule has 0 unspecified atom stereocenters. The number of terminal acetylenes is 1. The normalized spacial score (nSPS) is 12.2. The lowest BCUT2D eigenvalue weighted by atomic mass is 10.1. The molecule has 1 rings (SSSR count). The van der Waals surface area contributed by atoms with Crippen LogP contribution in [0.3, 0.4) is 0 Å². The predicted octanol–water partition coefficient (Wildman–Crippen LogP) is 1.37. The Bertz CT molecular complexity index is 305. The molecule has 0 amide bonds. The molecular weight excluding hydrogens is 150 g/mol. The number of aryl methyl sites for hydroxylation is 2. The number of pyridine rings is 1. The second-order valence-electron chi connectivity index (χ2n) is 2.75. The zero-order valence-electron chi connectivity index (χ0n) is 7.20. The third kappa shape index (κ3) is 1.84. The van der Waals surface area contributed by atoms with Crippen molar-refractivity contribution >= 4 is 0 Å². The van der Waals surface area contributed by atoms with Crippen LogP contribution in [0.25, 0.3) is 0 Å². The van der Waals surface area contributed by atoms with Crippen LogP contribution in [0.2, 0.25) is 0 Å². The van der Waals surface area contributed by atoms with E-state index in [-0.39, 0.29) is 0 Å². The van der Waals surface area contributed by atoms with Gasteiger partial charge in [0.05, 0.1) is 0 Å². The highest BCUT2D eigenvalue weighted by atomic mass is 16.3. The summed E-state index contributed by atoms with van der Waals surface area (Å²) in [5, 5.41) is 9.31. The number of aliphatic hydroxyl groups is 1. The largest absolute Gasteiger partial charge is 0.376 e. The van der Waals surface area contributed by atoms with Crippen LogP contribution in [0.5, 0.6) is 0 Å². The average Bonchev–Trinajstić information content (AvgIpc) is 2.01. The van der Waals surface area contributed by atoms with Gasteiger partial charge < -0.3 is 5.11 Å². The number of aromatic nitrogens is 1. The molecule has 0 bridgehead atoms. The van der Waals surface area contributed by atoms with Gasteiger partial charge in [-0.3, -0.25) is 4.98 Å². The van der Waals surface area contributed by atoms with Crippen molar-refractivity contribution in [2.24, 2.45) is 0 Å². The molecule has 62 valence electrons. The van der Waals surface area contributed by atoms with Gasteiger partial charge in [0.1, 0.15) is 6.10 Å². The molecule has 12 heavy (non-hydrogen) atoms. The molecular formula is C10H11NO. The van der Waals surface area contributed by atoms with Crippen molar-refractivity contribution in [1.82, 2.24) is 4.98 Å². The number of hydrogen-bond donors (Lipinski definition) is 1. The molecule has 1 heterocycles. The fraction of sp³-hybridized carbons (Fsp3) is 0.300. The van der Waals surface area contributed by atoms with Crippen LogP contribution >= 0.6 is 0 Å². The quantitative estimate of drug-likeness (QED) is 0.631. The summed E-state index contributed by atoms with van der Waals surface area (Å²) in [4.78, 5) is 4.17. The van der Waals surface area contributed by atoms with E-state index in [0.29, 0.717) is 0 Å². The molecule has 2 nitrogen and oxygen atoms in total. The zero-order valence-corrected chi connectivity index (χ0v) is 7.20. The van der Waals surface area contributed by atoms with E-state index in [1.54, 1.807) is 12.1 Å². The molecule has 1 aromatic heterocycles. The highest BCUT2D eigenvalue weighted by Gasteiger charge is 2.04. The summed E-state index contributed by atoms with van der Waals surface area (Å²) in [6, 6.07) is 3.58. The van der Waals surface area contributed by atoms with Crippen molar-refractivity contribution < 1.29 is 5.11 Å². The molecule has 0 saturated carbocycles. The summed E-state index contributed by atoms with van der Waals surface area (Å²) >= 11 is 0. The predicted molar refractivity (Wildman–Crippen MR) is 47.5 cm³/mol. The van der Waals surface area contributed by atoms with Crippen LogP contribution in [0, 0.1) is 26.2 Å². The van der Waals surface area contributed by atoms with E-state index < -0.39 is 6.10 Å². The first kappa shape index (κ1) is 8.76. The van der Waals surface area contributed by atoms with Gasteiger partial charge in [-0.1, -0.05) is 5.92 Å². The van der Waals surface area contributed by atoms with E-state index in [1.165, 1.54) is 0 Å². The molecule has 1 aromatic rings. The molecule has 0 aromatic carbocycles. The molecule has 0 saturated heterocycles. The smallest absolute Gasteiger partial charge is 0.140 e. The SMILES string of the molecule is C#C[C@H](O)c1cc(C)nc(C)c1. The Labute approximate surface area is 72.3 Å². The summed E-state index contributed by atoms with van der Waals surface area (Å²) < 4.78 is 0. The maximum absolute atomic E-state index is 9.31. The lowest BCUT2D eigenvalue weighted by Crippen LogP contribution is -1.96. The standard InChI is InChI=1S/C10H11NO/c1-4-10(12)9-5-7(2)11-8(3)6-9/h1,5-6,10,12H,2-3H3/t10-/m0/s1. The van der Waals surface area contributed by atoms with Gasteiger partial charge in [0, 0.05) is 11.4 Å². The van der Waals surface area contributed by atoms with Crippen LogP contribution in [0.4, 0.5) is 0 Å².